The molecule has 1 N–H and O–H groups in total. The summed E-state index contributed by atoms with van der Waals surface area (Å²) < 4.78 is 21.9. The quantitative estimate of drug-likeness (QED) is 0.168. The van der Waals surface area contributed by atoms with Gasteiger partial charge in [-0.25, -0.2) is 0 Å². The number of carbonyl (C=O) groups is 1. The number of benzene rings is 4. The summed E-state index contributed by atoms with van der Waals surface area (Å²) >= 11 is 0. The number of hydrogen-bond donors (Lipinski definition) is 1. The molecule has 0 atom stereocenters. The number of rotatable bonds is 11. The standard InChI is InChI=1S/C40H45N3O4.C4H8O/c1-4-47-39-11-6-5-10-37(39)31-14-17-38-33(25-31)26-32(18-21-43(38)28-30-8-7-9-36(24-30)45-3)40(44)41-34-15-12-29(13-16-34)27-42(2)35-19-22-46-23-20-35;1-2-4-5-3-1/h5-17,24-26,35H,4,18-23,27-28H2,1-3H3,(H,41,44);1-4H2. The molecule has 2 fully saturated rings. The second kappa shape index (κ2) is 18.7. The Labute approximate surface area is 309 Å². The molecule has 0 aromatic heterocycles. The van der Waals surface area contributed by atoms with Gasteiger partial charge in [-0.2, -0.15) is 0 Å². The molecule has 274 valence electrons. The molecule has 4 aromatic carbocycles. The van der Waals surface area contributed by atoms with Gasteiger partial charge < -0.3 is 29.2 Å². The van der Waals surface area contributed by atoms with E-state index in [2.05, 4.69) is 76.8 Å². The summed E-state index contributed by atoms with van der Waals surface area (Å²) in [6, 6.07) is 31.6. The van der Waals surface area contributed by atoms with Crippen molar-refractivity contribution in [3.8, 4) is 22.6 Å². The van der Waals surface area contributed by atoms with Gasteiger partial charge in [0.25, 0.3) is 5.91 Å². The predicted octanol–water partition coefficient (Wildman–Crippen LogP) is 8.60. The molecule has 0 radical (unpaired) electrons. The van der Waals surface area contributed by atoms with E-state index in [1.165, 1.54) is 18.4 Å². The van der Waals surface area contributed by atoms with Crippen LogP contribution in [0, 0.1) is 0 Å². The van der Waals surface area contributed by atoms with Crippen LogP contribution in [-0.2, 0) is 27.4 Å². The lowest BCUT2D eigenvalue weighted by Gasteiger charge is -2.31. The number of fused-ring (bicyclic) bond motifs is 1. The van der Waals surface area contributed by atoms with Crippen molar-refractivity contribution in [2.24, 2.45) is 0 Å². The van der Waals surface area contributed by atoms with E-state index in [0.717, 1.165) is 96.5 Å². The van der Waals surface area contributed by atoms with Gasteiger partial charge in [0.15, 0.2) is 0 Å². The number of hydrogen-bond acceptors (Lipinski definition) is 7. The highest BCUT2D eigenvalue weighted by Crippen LogP contribution is 2.37. The molecule has 0 aliphatic carbocycles. The topological polar surface area (TPSA) is 72.5 Å². The molecule has 7 rings (SSSR count). The van der Waals surface area contributed by atoms with Gasteiger partial charge in [0, 0.05) is 74.6 Å². The Hall–Kier alpha value is -4.63. The summed E-state index contributed by atoms with van der Waals surface area (Å²) in [7, 11) is 3.87. The molecule has 52 heavy (non-hydrogen) atoms. The monoisotopic (exact) mass is 703 g/mol. The van der Waals surface area contributed by atoms with Gasteiger partial charge in [-0.3, -0.25) is 9.69 Å². The van der Waals surface area contributed by atoms with E-state index in [1.807, 2.05) is 49.4 Å². The van der Waals surface area contributed by atoms with Crippen LogP contribution in [0.25, 0.3) is 17.2 Å². The first kappa shape index (κ1) is 37.1. The molecule has 8 heteroatoms. The average molecular weight is 704 g/mol. The van der Waals surface area contributed by atoms with Crippen molar-refractivity contribution in [2.45, 2.75) is 58.2 Å². The van der Waals surface area contributed by atoms with Crippen LogP contribution in [0.1, 0.15) is 55.7 Å². The van der Waals surface area contributed by atoms with Crippen molar-refractivity contribution >= 4 is 23.4 Å². The molecule has 8 nitrogen and oxygen atoms in total. The van der Waals surface area contributed by atoms with Crippen LogP contribution in [0.5, 0.6) is 11.5 Å². The minimum absolute atomic E-state index is 0.0774. The number of para-hydroxylation sites is 1. The molecular weight excluding hydrogens is 650 g/mol. The molecular formula is C44H53N3O5. The third-order valence-electron chi connectivity index (χ3n) is 9.93. The molecule has 4 aromatic rings. The highest BCUT2D eigenvalue weighted by atomic mass is 16.5. The van der Waals surface area contributed by atoms with E-state index in [-0.39, 0.29) is 5.91 Å². The smallest absolute Gasteiger partial charge is 0.251 e. The van der Waals surface area contributed by atoms with Crippen LogP contribution >= 0.6 is 0 Å². The van der Waals surface area contributed by atoms with E-state index in [9.17, 15) is 4.79 Å². The zero-order chi connectivity index (χ0) is 36.1. The van der Waals surface area contributed by atoms with E-state index in [4.69, 9.17) is 18.9 Å². The van der Waals surface area contributed by atoms with Gasteiger partial charge in [-0.15, -0.1) is 0 Å². The molecule has 0 unspecified atom stereocenters. The average Bonchev–Trinajstić information content (AvgIpc) is 3.73. The van der Waals surface area contributed by atoms with Gasteiger partial charge in [-0.05, 0) is 117 Å². The highest BCUT2D eigenvalue weighted by molar-refractivity contribution is 6.07. The lowest BCUT2D eigenvalue weighted by molar-refractivity contribution is -0.112. The Kier molecular flexibility index (Phi) is 13.4. The fraction of sp³-hybridized carbons (Fsp3) is 0.386. The Bertz CT molecular complexity index is 1770. The third kappa shape index (κ3) is 10.0. The maximum absolute atomic E-state index is 13.8. The second-order valence-electron chi connectivity index (χ2n) is 13.6. The summed E-state index contributed by atoms with van der Waals surface area (Å²) in [6.07, 6.45) is 7.37. The number of amides is 1. The molecule has 0 bridgehead atoms. The van der Waals surface area contributed by atoms with Gasteiger partial charge in [0.1, 0.15) is 11.5 Å². The Balaban J connectivity index is 0.000000856. The SMILES string of the molecule is C1CCOC1.CCOc1ccccc1-c1ccc2c(c1)C=C(C(=O)Nc1ccc(CN(C)C3CCOCC3)cc1)CCN2Cc1cccc(OC)c1. The van der Waals surface area contributed by atoms with Crippen molar-refractivity contribution in [2.75, 3.05) is 64.0 Å². The maximum Gasteiger partial charge on any atom is 0.251 e. The van der Waals surface area contributed by atoms with Crippen LogP contribution in [0.4, 0.5) is 11.4 Å². The fourth-order valence-electron chi connectivity index (χ4n) is 7.04. The summed E-state index contributed by atoms with van der Waals surface area (Å²) in [6.45, 7) is 8.54. The number of methoxy groups -OCH3 is 1. The van der Waals surface area contributed by atoms with Crippen molar-refractivity contribution in [3.05, 3.63) is 113 Å². The third-order valence-corrected chi connectivity index (χ3v) is 9.93. The van der Waals surface area contributed by atoms with Crippen molar-refractivity contribution in [1.82, 2.24) is 4.90 Å². The van der Waals surface area contributed by atoms with Gasteiger partial charge >= 0.3 is 0 Å². The molecule has 3 heterocycles. The lowest BCUT2D eigenvalue weighted by Crippen LogP contribution is -2.36. The molecule has 3 aliphatic heterocycles. The number of ether oxygens (including phenoxy) is 4. The summed E-state index contributed by atoms with van der Waals surface area (Å²) in [5, 5.41) is 3.17. The minimum atomic E-state index is -0.0774. The molecule has 0 spiro atoms. The first-order valence-electron chi connectivity index (χ1n) is 18.7. The maximum atomic E-state index is 13.8. The van der Waals surface area contributed by atoms with Crippen LogP contribution in [-0.4, -0.2) is 70.6 Å². The summed E-state index contributed by atoms with van der Waals surface area (Å²) in [5.74, 6) is 1.60. The van der Waals surface area contributed by atoms with Gasteiger partial charge in [0.05, 0.1) is 13.7 Å². The van der Waals surface area contributed by atoms with Gasteiger partial charge in [0.2, 0.25) is 0 Å². The van der Waals surface area contributed by atoms with Crippen molar-refractivity contribution < 1.29 is 23.7 Å². The normalized spacial score (nSPS) is 15.9. The van der Waals surface area contributed by atoms with E-state index < -0.39 is 0 Å². The van der Waals surface area contributed by atoms with Crippen LogP contribution in [0.15, 0.2) is 96.6 Å². The summed E-state index contributed by atoms with van der Waals surface area (Å²) in [5.41, 5.74) is 8.10. The largest absolute Gasteiger partial charge is 0.497 e. The van der Waals surface area contributed by atoms with E-state index in [1.54, 1.807) is 7.11 Å². The number of anilines is 2. The number of nitrogens with zero attached hydrogens (tertiary/aromatic N) is 2. The first-order chi connectivity index (χ1) is 25.5. The zero-order valence-electron chi connectivity index (χ0n) is 30.9. The Morgan fingerprint density at radius 2 is 1.65 bits per heavy atom. The van der Waals surface area contributed by atoms with Crippen LogP contribution in [0.2, 0.25) is 0 Å². The van der Waals surface area contributed by atoms with Crippen molar-refractivity contribution in [3.63, 3.8) is 0 Å². The van der Waals surface area contributed by atoms with E-state index >= 15 is 0 Å². The van der Waals surface area contributed by atoms with Crippen molar-refractivity contribution in [1.29, 1.82) is 0 Å². The van der Waals surface area contributed by atoms with Crippen LogP contribution < -0.4 is 19.7 Å². The Morgan fingerprint density at radius 3 is 2.38 bits per heavy atom. The Morgan fingerprint density at radius 1 is 0.885 bits per heavy atom. The van der Waals surface area contributed by atoms with Crippen LogP contribution in [0.3, 0.4) is 0 Å². The minimum Gasteiger partial charge on any atom is -0.497 e. The highest BCUT2D eigenvalue weighted by Gasteiger charge is 2.22. The summed E-state index contributed by atoms with van der Waals surface area (Å²) in [4.78, 5) is 18.5. The second-order valence-corrected chi connectivity index (χ2v) is 13.6. The number of nitrogens with one attached hydrogen (secondary N) is 1. The van der Waals surface area contributed by atoms with Gasteiger partial charge in [-0.1, -0.05) is 48.5 Å². The molecule has 3 aliphatic rings. The molecule has 0 saturated carbocycles. The molecule has 1 amide bonds. The predicted molar refractivity (Wildman–Crippen MR) is 210 cm³/mol. The van der Waals surface area contributed by atoms with E-state index in [0.29, 0.717) is 32.2 Å². The molecule has 2 saturated heterocycles. The fourth-order valence-corrected chi connectivity index (χ4v) is 7.04. The zero-order valence-corrected chi connectivity index (χ0v) is 30.9. The lowest BCUT2D eigenvalue weighted by atomic mass is 9.99. The first-order valence-corrected chi connectivity index (χ1v) is 18.7. The number of carbonyl (C=O) groups excluding carboxylic acids is 1.